The Bertz CT molecular complexity index is 383. The van der Waals surface area contributed by atoms with E-state index in [0.29, 0.717) is 23.6 Å². The maximum atomic E-state index is 12.0. The summed E-state index contributed by atoms with van der Waals surface area (Å²) in [5, 5.41) is 12.2. The summed E-state index contributed by atoms with van der Waals surface area (Å²) in [5.74, 6) is -0.212. The number of rotatable bonds is 6. The maximum absolute atomic E-state index is 12.0. The van der Waals surface area contributed by atoms with E-state index in [-0.39, 0.29) is 18.6 Å². The Kier molecular flexibility index (Phi) is 6.12. The molecule has 1 aromatic carbocycles. The van der Waals surface area contributed by atoms with Crippen LogP contribution in [0.1, 0.15) is 22.3 Å². The van der Waals surface area contributed by atoms with Gasteiger partial charge in [-0.1, -0.05) is 11.6 Å². The molecule has 100 valence electrons. The van der Waals surface area contributed by atoms with Gasteiger partial charge < -0.3 is 15.2 Å². The van der Waals surface area contributed by atoms with Gasteiger partial charge in [0.2, 0.25) is 0 Å². The first-order chi connectivity index (χ1) is 8.56. The fraction of sp³-hybridized carbons (Fsp3) is 0.462. The van der Waals surface area contributed by atoms with Gasteiger partial charge >= 0.3 is 0 Å². The number of methoxy groups -OCH3 is 1. The Labute approximate surface area is 112 Å². The first kappa shape index (κ1) is 15.0. The predicted octanol–water partition coefficient (Wildman–Crippen LogP) is 1.78. The summed E-state index contributed by atoms with van der Waals surface area (Å²) in [6.45, 7) is 2.25. The molecule has 0 bridgehead atoms. The summed E-state index contributed by atoms with van der Waals surface area (Å²) in [5.41, 5.74) is 1.44. The van der Waals surface area contributed by atoms with E-state index in [2.05, 4.69) is 5.32 Å². The van der Waals surface area contributed by atoms with Gasteiger partial charge in [0.15, 0.2) is 0 Å². The second-order valence-corrected chi connectivity index (χ2v) is 4.59. The maximum Gasteiger partial charge on any atom is 0.251 e. The normalized spacial score (nSPS) is 12.2. The molecule has 0 spiro atoms. The Morgan fingerprint density at radius 1 is 1.50 bits per heavy atom. The van der Waals surface area contributed by atoms with Crippen LogP contribution in [0, 0.1) is 6.92 Å². The van der Waals surface area contributed by atoms with Crippen LogP contribution in [0.25, 0.3) is 0 Å². The lowest BCUT2D eigenvalue weighted by Crippen LogP contribution is -2.38. The molecule has 2 N–H and O–H groups in total. The van der Waals surface area contributed by atoms with Crippen molar-refractivity contribution in [2.24, 2.45) is 0 Å². The van der Waals surface area contributed by atoms with Gasteiger partial charge in [-0.05, 0) is 37.1 Å². The van der Waals surface area contributed by atoms with E-state index in [1.54, 1.807) is 25.3 Å². The molecule has 0 saturated heterocycles. The van der Waals surface area contributed by atoms with Crippen molar-refractivity contribution in [2.75, 3.05) is 20.3 Å². The molecule has 1 atom stereocenters. The van der Waals surface area contributed by atoms with Crippen molar-refractivity contribution in [3.63, 3.8) is 0 Å². The van der Waals surface area contributed by atoms with Crippen LogP contribution >= 0.6 is 11.6 Å². The van der Waals surface area contributed by atoms with Crippen LogP contribution in [-0.2, 0) is 4.74 Å². The summed E-state index contributed by atoms with van der Waals surface area (Å²) < 4.78 is 4.99. The molecule has 0 radical (unpaired) electrons. The summed E-state index contributed by atoms with van der Waals surface area (Å²) in [4.78, 5) is 12.0. The van der Waals surface area contributed by atoms with Crippen molar-refractivity contribution in [3.05, 3.63) is 34.3 Å². The van der Waals surface area contributed by atoms with Crippen molar-refractivity contribution in [1.82, 2.24) is 5.32 Å². The molecule has 0 heterocycles. The average Bonchev–Trinajstić information content (AvgIpc) is 2.28. The number of aliphatic hydroxyl groups excluding tert-OH is 1. The standard InChI is InChI=1S/C13H18ClNO3/c1-9-5-10(7-11(14)6-9)13(17)15-12(3-4-16)8-18-2/h5-7,12,16H,3-4,8H2,1-2H3,(H,15,17). The first-order valence-corrected chi connectivity index (χ1v) is 6.12. The lowest BCUT2D eigenvalue weighted by molar-refractivity contribution is 0.0878. The number of ether oxygens (including phenoxy) is 1. The molecule has 0 aliphatic carbocycles. The highest BCUT2D eigenvalue weighted by Crippen LogP contribution is 2.14. The third kappa shape index (κ3) is 4.64. The zero-order valence-electron chi connectivity index (χ0n) is 10.6. The first-order valence-electron chi connectivity index (χ1n) is 5.74. The molecule has 18 heavy (non-hydrogen) atoms. The van der Waals surface area contributed by atoms with Gasteiger partial charge in [0, 0.05) is 24.3 Å². The van der Waals surface area contributed by atoms with Gasteiger partial charge in [-0.2, -0.15) is 0 Å². The van der Waals surface area contributed by atoms with Crippen LogP contribution in [-0.4, -0.2) is 37.4 Å². The molecule has 1 aromatic rings. The second kappa shape index (κ2) is 7.36. The van der Waals surface area contributed by atoms with E-state index in [9.17, 15) is 4.79 Å². The molecule has 0 aliphatic rings. The topological polar surface area (TPSA) is 58.6 Å². The number of nitrogens with one attached hydrogen (secondary N) is 1. The van der Waals surface area contributed by atoms with Gasteiger partial charge in [-0.15, -0.1) is 0 Å². The summed E-state index contributed by atoms with van der Waals surface area (Å²) in [6.07, 6.45) is 0.457. The molecule has 1 rings (SSSR count). The minimum Gasteiger partial charge on any atom is -0.396 e. The highest BCUT2D eigenvalue weighted by molar-refractivity contribution is 6.31. The van der Waals surface area contributed by atoms with Crippen molar-refractivity contribution < 1.29 is 14.6 Å². The van der Waals surface area contributed by atoms with Crippen LogP contribution in [0.3, 0.4) is 0 Å². The number of hydrogen-bond acceptors (Lipinski definition) is 3. The molecule has 0 saturated carbocycles. The summed E-state index contributed by atoms with van der Waals surface area (Å²) in [6, 6.07) is 4.97. The summed E-state index contributed by atoms with van der Waals surface area (Å²) in [7, 11) is 1.56. The van der Waals surface area contributed by atoms with E-state index in [1.807, 2.05) is 6.92 Å². The zero-order chi connectivity index (χ0) is 13.5. The van der Waals surface area contributed by atoms with Crippen molar-refractivity contribution >= 4 is 17.5 Å². The number of benzene rings is 1. The Morgan fingerprint density at radius 2 is 2.22 bits per heavy atom. The number of aliphatic hydroxyl groups is 1. The van der Waals surface area contributed by atoms with Gasteiger partial charge in [0.05, 0.1) is 12.6 Å². The Balaban J connectivity index is 2.73. The average molecular weight is 272 g/mol. The van der Waals surface area contributed by atoms with E-state index in [0.717, 1.165) is 5.56 Å². The number of carbonyl (C=O) groups is 1. The van der Waals surface area contributed by atoms with Crippen LogP contribution in [0.2, 0.25) is 5.02 Å². The highest BCUT2D eigenvalue weighted by Gasteiger charge is 2.13. The molecule has 0 fully saturated rings. The predicted molar refractivity (Wildman–Crippen MR) is 71.0 cm³/mol. The van der Waals surface area contributed by atoms with E-state index < -0.39 is 0 Å². The number of carbonyl (C=O) groups excluding carboxylic acids is 1. The van der Waals surface area contributed by atoms with Crippen LogP contribution in [0.15, 0.2) is 18.2 Å². The third-order valence-corrected chi connectivity index (χ3v) is 2.70. The minimum atomic E-state index is -0.212. The molecule has 4 nitrogen and oxygen atoms in total. The number of amides is 1. The van der Waals surface area contributed by atoms with E-state index in [1.165, 1.54) is 0 Å². The fourth-order valence-electron chi connectivity index (χ4n) is 1.69. The molecule has 0 aromatic heterocycles. The SMILES string of the molecule is COCC(CCO)NC(=O)c1cc(C)cc(Cl)c1. The molecule has 0 aliphatic heterocycles. The molecular formula is C13H18ClNO3. The molecule has 1 unspecified atom stereocenters. The zero-order valence-corrected chi connectivity index (χ0v) is 11.3. The van der Waals surface area contributed by atoms with Crippen molar-refractivity contribution in [2.45, 2.75) is 19.4 Å². The quantitative estimate of drug-likeness (QED) is 0.829. The second-order valence-electron chi connectivity index (χ2n) is 4.16. The monoisotopic (exact) mass is 271 g/mol. The highest BCUT2D eigenvalue weighted by atomic mass is 35.5. The smallest absolute Gasteiger partial charge is 0.251 e. The lowest BCUT2D eigenvalue weighted by Gasteiger charge is -2.17. The van der Waals surface area contributed by atoms with Crippen LogP contribution in [0.4, 0.5) is 0 Å². The van der Waals surface area contributed by atoms with Crippen molar-refractivity contribution in [3.8, 4) is 0 Å². The lowest BCUT2D eigenvalue weighted by atomic mass is 10.1. The molecule has 5 heteroatoms. The Morgan fingerprint density at radius 3 is 2.78 bits per heavy atom. The third-order valence-electron chi connectivity index (χ3n) is 2.48. The van der Waals surface area contributed by atoms with Gasteiger partial charge in [0.1, 0.15) is 0 Å². The van der Waals surface area contributed by atoms with Gasteiger partial charge in [-0.25, -0.2) is 0 Å². The number of aryl methyl sites for hydroxylation is 1. The van der Waals surface area contributed by atoms with E-state index >= 15 is 0 Å². The number of hydrogen-bond donors (Lipinski definition) is 2. The molecular weight excluding hydrogens is 254 g/mol. The van der Waals surface area contributed by atoms with Crippen LogP contribution in [0.5, 0.6) is 0 Å². The summed E-state index contributed by atoms with van der Waals surface area (Å²) >= 11 is 5.91. The van der Waals surface area contributed by atoms with Crippen LogP contribution < -0.4 is 5.32 Å². The van der Waals surface area contributed by atoms with Gasteiger partial charge in [0.25, 0.3) is 5.91 Å². The van der Waals surface area contributed by atoms with Crippen molar-refractivity contribution in [1.29, 1.82) is 0 Å². The Hall–Kier alpha value is -1.10. The van der Waals surface area contributed by atoms with E-state index in [4.69, 9.17) is 21.4 Å². The number of halogens is 1. The largest absolute Gasteiger partial charge is 0.396 e. The fourth-order valence-corrected chi connectivity index (χ4v) is 1.98. The minimum absolute atomic E-state index is 0.00286. The van der Waals surface area contributed by atoms with Gasteiger partial charge in [-0.3, -0.25) is 4.79 Å². The molecule has 1 amide bonds.